The number of nitrogens with zero attached hydrogens (tertiary/aromatic N) is 8. The number of halogens is 1. The Balaban J connectivity index is 0.000000284. The van der Waals surface area contributed by atoms with E-state index < -0.39 is 0 Å². The average Bonchev–Trinajstić information content (AvgIpc) is 3.84. The van der Waals surface area contributed by atoms with E-state index in [1.165, 1.54) is 0 Å². The Morgan fingerprint density at radius 3 is 1.08 bits per heavy atom. The highest BCUT2D eigenvalue weighted by Crippen LogP contribution is 2.25. The molecule has 21 heteroatoms. The minimum atomic E-state index is -0.198. The van der Waals surface area contributed by atoms with E-state index in [1.807, 2.05) is 173 Å². The number of hydrogen-bond donors (Lipinski definition) is 8. The summed E-state index contributed by atoms with van der Waals surface area (Å²) in [5.41, 5.74) is 43.7. The maximum absolute atomic E-state index is 12.9. The molecule has 2 aliphatic carbocycles. The van der Waals surface area contributed by atoms with Gasteiger partial charge in [0.2, 0.25) is 0 Å². The van der Waals surface area contributed by atoms with Crippen LogP contribution in [0.5, 0.6) is 0 Å². The Morgan fingerprint density at radius 1 is 0.449 bits per heavy atom. The van der Waals surface area contributed by atoms with Crippen molar-refractivity contribution < 1.29 is 5.48 Å². The van der Waals surface area contributed by atoms with E-state index in [0.717, 1.165) is 67.8 Å². The van der Waals surface area contributed by atoms with E-state index in [0.29, 0.717) is 62.4 Å². The molecule has 17 N–H and O–H groups in total. The Kier molecular flexibility index (Phi) is 21.0. The van der Waals surface area contributed by atoms with Crippen LogP contribution in [0.15, 0.2) is 173 Å². The maximum atomic E-state index is 12.9. The summed E-state index contributed by atoms with van der Waals surface area (Å²) >= 11 is 0. The topological polar surface area (TPSA) is 350 Å². The number of nitrogens with one attached hydrogen (secondary N) is 2. The van der Waals surface area contributed by atoms with Crippen molar-refractivity contribution >= 4 is 63.7 Å². The number of benzene rings is 4. The second-order valence-corrected chi connectivity index (χ2v) is 18.3. The molecule has 0 radical (unpaired) electrons. The molecular weight excluding hydrogens is 1010 g/mol. The molecular formula is C57H73ClN16O4. The lowest BCUT2D eigenvalue weighted by Gasteiger charge is -2.16. The van der Waals surface area contributed by atoms with E-state index in [9.17, 15) is 14.4 Å². The van der Waals surface area contributed by atoms with Crippen LogP contribution in [0.3, 0.4) is 0 Å². The number of nitrogens with two attached hydrogens (primary N) is 5. The van der Waals surface area contributed by atoms with Gasteiger partial charge in [-0.3, -0.25) is 28.4 Å². The molecule has 3 aromatic heterocycles. The van der Waals surface area contributed by atoms with Crippen LogP contribution in [-0.2, 0) is 21.1 Å². The van der Waals surface area contributed by atoms with Gasteiger partial charge in [0.25, 0.3) is 16.7 Å². The summed E-state index contributed by atoms with van der Waals surface area (Å²) in [5.74, 6) is 0. The Bertz CT molecular complexity index is 3570. The first-order valence-electron chi connectivity index (χ1n) is 24.0. The van der Waals surface area contributed by atoms with E-state index in [1.54, 1.807) is 54.1 Å². The quantitative estimate of drug-likeness (QED) is 0.0614. The zero-order chi connectivity index (χ0) is 55.3. The van der Waals surface area contributed by atoms with Crippen LogP contribution >= 0.6 is 12.4 Å². The molecule has 0 amide bonds. The third-order valence-corrected chi connectivity index (χ3v) is 13.5. The summed E-state index contributed by atoms with van der Waals surface area (Å²) in [5, 5.41) is 16.0. The minimum Gasteiger partial charge on any atom is -0.412 e. The summed E-state index contributed by atoms with van der Waals surface area (Å²) in [6.07, 6.45) is 3.51. The molecule has 0 unspecified atom stereocenters. The van der Waals surface area contributed by atoms with Crippen LogP contribution in [0.4, 0.5) is 28.4 Å². The number of anilines is 3. The standard InChI is InChI=1S/2C19H21N5O.C11H13N3O.C8H12N2.ClH.H3N.H2O/c2*1-11-10-15(17(21)12(2)16(11)20)22-18-13(3)23(4)24(19(18)25)14-8-6-5-7-9-14;1-8-10(12)11(15)14(13(8)2)9-6-4-3-5-7-9;1-5-3-4-7(9)6(2)8(5)10;;;/h2*5-10,20H,21H2,1-4H3;3-7H,12H2,1-2H3;3-4H,9-10H2,1-2H3;1H;1H3;1H2. The zero-order valence-corrected chi connectivity index (χ0v) is 47.1. The SMILES string of the molecule is CC1=CC(=Nc2c(C)n(C)n(-c3ccccc3)c2=O)C(N)=C(C)C1=N.CC1=CC(=Nc2c(C)n(C)n(-c3ccccc3)c2=O)C(N)=C(C)C1=N.Cc1c(N)c(=O)n(-c2ccccc2)n1C.Cc1ccc(N)c(C)c1N.Cl.N.O. The lowest BCUT2D eigenvalue weighted by molar-refractivity contribution is 0.630. The number of aliphatic imine (C=N–C) groups is 2. The lowest BCUT2D eigenvalue weighted by Crippen LogP contribution is -2.22. The first-order valence-corrected chi connectivity index (χ1v) is 24.0. The number of hydrogen-bond acceptors (Lipinski definition) is 13. The molecule has 4 aromatic carbocycles. The molecule has 20 nitrogen and oxygen atoms in total. The minimum absolute atomic E-state index is 0. The fraction of sp³-hybridized carbons (Fsp3) is 0.211. The largest absolute Gasteiger partial charge is 0.412 e. The van der Waals surface area contributed by atoms with Gasteiger partial charge >= 0.3 is 0 Å². The van der Waals surface area contributed by atoms with Gasteiger partial charge in [0, 0.05) is 32.5 Å². The molecule has 9 rings (SSSR count). The Morgan fingerprint density at radius 2 is 0.769 bits per heavy atom. The van der Waals surface area contributed by atoms with Crippen molar-refractivity contribution in [2.45, 2.75) is 62.3 Å². The molecule has 0 bridgehead atoms. The van der Waals surface area contributed by atoms with Crippen LogP contribution in [0.2, 0.25) is 0 Å². The van der Waals surface area contributed by atoms with Gasteiger partial charge in [0.15, 0.2) is 11.4 Å². The molecule has 0 atom stereocenters. The van der Waals surface area contributed by atoms with E-state index in [2.05, 4.69) is 9.98 Å². The van der Waals surface area contributed by atoms with Crippen molar-refractivity contribution in [2.24, 2.45) is 42.6 Å². The monoisotopic (exact) mass is 1080 g/mol. The van der Waals surface area contributed by atoms with Gasteiger partial charge in [0.1, 0.15) is 5.69 Å². The first kappa shape index (κ1) is 63.1. The van der Waals surface area contributed by atoms with E-state index >= 15 is 0 Å². The third kappa shape index (κ3) is 12.5. The first-order chi connectivity index (χ1) is 35.4. The van der Waals surface area contributed by atoms with Crippen LogP contribution in [0.25, 0.3) is 17.1 Å². The molecule has 412 valence electrons. The molecule has 0 saturated heterocycles. The molecule has 78 heavy (non-hydrogen) atoms. The van der Waals surface area contributed by atoms with Gasteiger partial charge in [-0.1, -0.05) is 60.7 Å². The van der Waals surface area contributed by atoms with Gasteiger partial charge in [0.05, 0.1) is 68.4 Å². The second kappa shape index (κ2) is 26.0. The molecule has 7 aromatic rings. The van der Waals surface area contributed by atoms with Crippen molar-refractivity contribution in [3.63, 3.8) is 0 Å². The summed E-state index contributed by atoms with van der Waals surface area (Å²) in [6.45, 7) is 16.7. The molecule has 3 heterocycles. The van der Waals surface area contributed by atoms with Gasteiger partial charge in [-0.05, 0) is 150 Å². The van der Waals surface area contributed by atoms with Crippen LogP contribution < -0.4 is 51.5 Å². The number of para-hydroxylation sites is 3. The van der Waals surface area contributed by atoms with Crippen LogP contribution in [0, 0.1) is 45.4 Å². The molecule has 0 fully saturated rings. The number of nitrogen functional groups attached to an aromatic ring is 3. The van der Waals surface area contributed by atoms with Gasteiger partial charge in [-0.15, -0.1) is 12.4 Å². The highest BCUT2D eigenvalue weighted by molar-refractivity contribution is 6.26. The predicted octanol–water partition coefficient (Wildman–Crippen LogP) is 7.83. The predicted molar refractivity (Wildman–Crippen MR) is 323 cm³/mol. The average molecular weight is 1080 g/mol. The summed E-state index contributed by atoms with van der Waals surface area (Å²) in [7, 11) is 5.48. The van der Waals surface area contributed by atoms with Crippen LogP contribution in [0.1, 0.15) is 55.9 Å². The fourth-order valence-corrected chi connectivity index (χ4v) is 8.22. The van der Waals surface area contributed by atoms with Crippen molar-refractivity contribution in [1.29, 1.82) is 10.8 Å². The maximum Gasteiger partial charge on any atom is 0.297 e. The molecule has 0 saturated carbocycles. The number of aryl methyl sites for hydroxylation is 1. The van der Waals surface area contributed by atoms with Crippen molar-refractivity contribution in [1.82, 2.24) is 34.2 Å². The number of allylic oxidation sites excluding steroid dienone is 6. The van der Waals surface area contributed by atoms with Crippen LogP contribution in [-0.4, -0.2) is 56.4 Å². The van der Waals surface area contributed by atoms with Gasteiger partial charge in [-0.2, -0.15) is 0 Å². The number of aromatic nitrogens is 6. The third-order valence-electron chi connectivity index (χ3n) is 13.5. The summed E-state index contributed by atoms with van der Waals surface area (Å²) in [6, 6.07) is 32.1. The zero-order valence-electron chi connectivity index (χ0n) is 46.3. The molecule has 2 aliphatic rings. The highest BCUT2D eigenvalue weighted by atomic mass is 35.5. The summed E-state index contributed by atoms with van der Waals surface area (Å²) < 4.78 is 10.1. The van der Waals surface area contributed by atoms with Crippen molar-refractivity contribution in [3.8, 4) is 17.1 Å². The van der Waals surface area contributed by atoms with Gasteiger partial charge in [-0.25, -0.2) is 24.0 Å². The molecule has 0 spiro atoms. The van der Waals surface area contributed by atoms with E-state index in [4.69, 9.17) is 39.5 Å². The smallest absolute Gasteiger partial charge is 0.297 e. The summed E-state index contributed by atoms with van der Waals surface area (Å²) in [4.78, 5) is 46.8. The Labute approximate surface area is 459 Å². The van der Waals surface area contributed by atoms with Crippen molar-refractivity contribution in [2.75, 3.05) is 17.2 Å². The van der Waals surface area contributed by atoms with Crippen molar-refractivity contribution in [3.05, 3.63) is 208 Å². The van der Waals surface area contributed by atoms with E-state index in [-0.39, 0.29) is 40.7 Å². The van der Waals surface area contributed by atoms with Gasteiger partial charge < -0.3 is 51.1 Å². The Hall–Kier alpha value is -9.24. The highest BCUT2D eigenvalue weighted by Gasteiger charge is 2.23. The lowest BCUT2D eigenvalue weighted by atomic mass is 9.94. The number of rotatable bonds is 5. The fourth-order valence-electron chi connectivity index (χ4n) is 8.22. The normalized spacial score (nSPS) is 13.9. The molecule has 0 aliphatic heterocycles. The second-order valence-electron chi connectivity index (χ2n) is 18.3.